The van der Waals surface area contributed by atoms with E-state index in [1.165, 1.54) is 0 Å². The van der Waals surface area contributed by atoms with Crippen LogP contribution in [0.3, 0.4) is 0 Å². The molecule has 1 aromatic carbocycles. The number of likely N-dealkylation sites (tertiary alicyclic amines) is 2. The lowest BCUT2D eigenvalue weighted by Gasteiger charge is -2.29. The van der Waals surface area contributed by atoms with Crippen molar-refractivity contribution in [3.05, 3.63) is 54.4 Å². The largest absolute Gasteiger partial charge is 0.345 e. The number of nitrogens with zero attached hydrogens (tertiary/aromatic N) is 3. The summed E-state index contributed by atoms with van der Waals surface area (Å²) < 4.78 is 0. The third kappa shape index (κ3) is 4.61. The maximum Gasteiger partial charge on any atom is 0.229 e. The molecule has 3 heterocycles. The molecule has 0 unspecified atom stereocenters. The van der Waals surface area contributed by atoms with Crippen LogP contribution in [0.15, 0.2) is 48.8 Å². The summed E-state index contributed by atoms with van der Waals surface area (Å²) >= 11 is 0. The molecule has 3 amide bonds. The van der Waals surface area contributed by atoms with Gasteiger partial charge in [-0.3, -0.25) is 19.4 Å². The lowest BCUT2D eigenvalue weighted by molar-refractivity contribution is -0.136. The molecule has 170 valence electrons. The first-order valence-corrected chi connectivity index (χ1v) is 11.2. The zero-order valence-electron chi connectivity index (χ0n) is 18.8. The number of rotatable bonds is 6. The Balaban J connectivity index is 1.61. The van der Waals surface area contributed by atoms with Gasteiger partial charge in [0.25, 0.3) is 0 Å². The summed E-state index contributed by atoms with van der Waals surface area (Å²) in [5.41, 5.74) is 2.22. The molecule has 33 heavy (non-hydrogen) atoms. The summed E-state index contributed by atoms with van der Waals surface area (Å²) in [6.07, 6.45) is 10.2. The molecule has 1 aromatic heterocycles. The highest BCUT2D eigenvalue weighted by Gasteiger charge is 2.48. The van der Waals surface area contributed by atoms with Gasteiger partial charge < -0.3 is 15.1 Å². The van der Waals surface area contributed by atoms with Crippen molar-refractivity contribution in [3.8, 4) is 23.5 Å². The van der Waals surface area contributed by atoms with Gasteiger partial charge in [0, 0.05) is 51.1 Å². The number of terminal acetylenes is 1. The maximum atomic E-state index is 13.4. The van der Waals surface area contributed by atoms with Gasteiger partial charge in [-0.2, -0.15) is 0 Å². The smallest absolute Gasteiger partial charge is 0.229 e. The van der Waals surface area contributed by atoms with E-state index in [0.717, 1.165) is 16.7 Å². The molecule has 2 atom stereocenters. The Hall–Kier alpha value is -3.66. The second-order valence-corrected chi connectivity index (χ2v) is 8.93. The average Bonchev–Trinajstić information content (AvgIpc) is 3.42. The summed E-state index contributed by atoms with van der Waals surface area (Å²) in [4.78, 5) is 46.0. The van der Waals surface area contributed by atoms with E-state index >= 15 is 0 Å². The fraction of sp³-hybridized carbons (Fsp3) is 0.385. The summed E-state index contributed by atoms with van der Waals surface area (Å²) in [5.74, 6) is 1.90. The van der Waals surface area contributed by atoms with E-state index in [1.807, 2.05) is 42.6 Å². The number of aromatic nitrogens is 1. The molecule has 4 rings (SSSR count). The van der Waals surface area contributed by atoms with Crippen LogP contribution in [0.25, 0.3) is 11.1 Å². The van der Waals surface area contributed by atoms with E-state index in [4.69, 9.17) is 6.42 Å². The van der Waals surface area contributed by atoms with Crippen molar-refractivity contribution < 1.29 is 14.4 Å². The highest BCUT2D eigenvalue weighted by atomic mass is 16.2. The van der Waals surface area contributed by atoms with Crippen molar-refractivity contribution in [3.63, 3.8) is 0 Å². The molecule has 2 saturated heterocycles. The van der Waals surface area contributed by atoms with Crippen molar-refractivity contribution in [1.29, 1.82) is 0 Å². The van der Waals surface area contributed by atoms with Gasteiger partial charge in [0.05, 0.1) is 17.9 Å². The zero-order valence-corrected chi connectivity index (χ0v) is 18.8. The fourth-order valence-electron chi connectivity index (χ4n) is 4.92. The first kappa shape index (κ1) is 22.5. The van der Waals surface area contributed by atoms with Crippen LogP contribution in [0.4, 0.5) is 0 Å². The summed E-state index contributed by atoms with van der Waals surface area (Å²) in [7, 11) is 1.71. The number of nitrogens with one attached hydrogen (secondary N) is 1. The minimum Gasteiger partial charge on any atom is -0.345 e. The highest BCUT2D eigenvalue weighted by molar-refractivity contribution is 5.91. The molecule has 0 aliphatic carbocycles. The number of hydrogen-bond donors (Lipinski definition) is 1. The number of benzene rings is 1. The zero-order chi connectivity index (χ0) is 23.4. The van der Waals surface area contributed by atoms with Crippen molar-refractivity contribution in [2.45, 2.75) is 19.3 Å². The van der Waals surface area contributed by atoms with Crippen LogP contribution >= 0.6 is 0 Å². The van der Waals surface area contributed by atoms with Gasteiger partial charge in [0.2, 0.25) is 17.7 Å². The van der Waals surface area contributed by atoms with Crippen molar-refractivity contribution in [2.75, 3.05) is 33.2 Å². The van der Waals surface area contributed by atoms with Crippen molar-refractivity contribution >= 4 is 17.7 Å². The minimum atomic E-state index is -0.792. The number of carbonyl (C=O) groups is 3. The molecule has 2 aliphatic rings. The van der Waals surface area contributed by atoms with E-state index in [0.29, 0.717) is 32.5 Å². The van der Waals surface area contributed by atoms with Gasteiger partial charge in [0.15, 0.2) is 0 Å². The van der Waals surface area contributed by atoms with Gasteiger partial charge >= 0.3 is 0 Å². The molecule has 2 aliphatic heterocycles. The monoisotopic (exact) mass is 444 g/mol. The minimum absolute atomic E-state index is 0.0176. The Morgan fingerprint density at radius 1 is 1.27 bits per heavy atom. The van der Waals surface area contributed by atoms with Crippen LogP contribution in [0.5, 0.6) is 0 Å². The average molecular weight is 445 g/mol. The molecule has 7 heteroatoms. The fourth-order valence-corrected chi connectivity index (χ4v) is 4.92. The quantitative estimate of drug-likeness (QED) is 0.688. The predicted molar refractivity (Wildman–Crippen MR) is 125 cm³/mol. The standard InChI is InChI=1S/C26H28N4O3/c1-3-11-28-25(33)26(10-13-30(18-26)24(32)21-14-23(31)29(2)17-21)15-19-7-4-5-9-22(19)20-8-6-12-27-16-20/h1,4-9,12,16,21H,10-11,13-15,17-18H2,2H3,(H,28,33)/t21-,26-/m0/s1. The topological polar surface area (TPSA) is 82.6 Å². The number of hydrogen-bond acceptors (Lipinski definition) is 4. The third-order valence-electron chi connectivity index (χ3n) is 6.71. The highest BCUT2D eigenvalue weighted by Crippen LogP contribution is 2.38. The normalized spacial score (nSPS) is 22.3. The van der Waals surface area contributed by atoms with Gasteiger partial charge in [-0.25, -0.2) is 0 Å². The van der Waals surface area contributed by atoms with E-state index in [2.05, 4.69) is 16.2 Å². The molecule has 0 spiro atoms. The maximum absolute atomic E-state index is 13.4. The Morgan fingerprint density at radius 2 is 2.09 bits per heavy atom. The molecule has 2 aromatic rings. The molecular formula is C26H28N4O3. The molecular weight excluding hydrogens is 416 g/mol. The van der Waals surface area contributed by atoms with Crippen LogP contribution in [0.1, 0.15) is 18.4 Å². The van der Waals surface area contributed by atoms with Crippen LogP contribution in [-0.2, 0) is 20.8 Å². The second kappa shape index (κ2) is 9.45. The van der Waals surface area contributed by atoms with E-state index < -0.39 is 5.41 Å². The Kier molecular flexibility index (Phi) is 6.45. The first-order valence-electron chi connectivity index (χ1n) is 11.2. The summed E-state index contributed by atoms with van der Waals surface area (Å²) in [6.45, 7) is 1.35. The summed E-state index contributed by atoms with van der Waals surface area (Å²) in [6, 6.07) is 11.9. The van der Waals surface area contributed by atoms with Crippen molar-refractivity contribution in [1.82, 2.24) is 20.1 Å². The predicted octanol–water partition coefficient (Wildman–Crippen LogP) is 1.74. The van der Waals surface area contributed by atoms with Crippen LogP contribution in [-0.4, -0.2) is 65.7 Å². The molecule has 0 bridgehead atoms. The Bertz CT molecular complexity index is 1090. The van der Waals surface area contributed by atoms with E-state index in [9.17, 15) is 14.4 Å². The van der Waals surface area contributed by atoms with Crippen LogP contribution in [0.2, 0.25) is 0 Å². The van der Waals surface area contributed by atoms with Gasteiger partial charge in [-0.15, -0.1) is 6.42 Å². The molecule has 0 radical (unpaired) electrons. The van der Waals surface area contributed by atoms with Crippen LogP contribution in [0, 0.1) is 23.7 Å². The lowest BCUT2D eigenvalue weighted by atomic mass is 9.78. The second-order valence-electron chi connectivity index (χ2n) is 8.93. The Morgan fingerprint density at radius 3 is 2.79 bits per heavy atom. The number of pyridine rings is 1. The van der Waals surface area contributed by atoms with Crippen molar-refractivity contribution in [2.24, 2.45) is 11.3 Å². The molecule has 2 fully saturated rings. The summed E-state index contributed by atoms with van der Waals surface area (Å²) in [5, 5.41) is 2.85. The first-order chi connectivity index (χ1) is 15.9. The Labute approximate surface area is 194 Å². The number of carbonyl (C=O) groups excluding carboxylic acids is 3. The van der Waals surface area contributed by atoms with Gasteiger partial charge in [-0.1, -0.05) is 36.3 Å². The number of amides is 3. The van der Waals surface area contributed by atoms with E-state index in [-0.39, 0.29) is 36.6 Å². The molecule has 7 nitrogen and oxygen atoms in total. The third-order valence-corrected chi connectivity index (χ3v) is 6.71. The lowest BCUT2D eigenvalue weighted by Crippen LogP contribution is -2.46. The van der Waals surface area contributed by atoms with Gasteiger partial charge in [0.1, 0.15) is 0 Å². The van der Waals surface area contributed by atoms with Gasteiger partial charge in [-0.05, 0) is 30.0 Å². The van der Waals surface area contributed by atoms with E-state index in [1.54, 1.807) is 23.0 Å². The molecule has 1 N–H and O–H groups in total. The SMILES string of the molecule is C#CCNC(=O)[C@]1(Cc2ccccc2-c2cccnc2)CCN(C(=O)[C@H]2CC(=O)N(C)C2)C1. The molecule has 0 saturated carbocycles. The van der Waals surface area contributed by atoms with Crippen LogP contribution < -0.4 is 5.32 Å².